The maximum atomic E-state index is 5.70. The van der Waals surface area contributed by atoms with Gasteiger partial charge in [0, 0.05) is 37.8 Å². The highest BCUT2D eigenvalue weighted by atomic mass is 16.5. The van der Waals surface area contributed by atoms with E-state index >= 15 is 0 Å². The largest absolute Gasteiger partial charge is 0.377 e. The molecule has 1 atom stereocenters. The molecule has 1 aromatic carbocycles. The Hall–Kier alpha value is -2.96. The number of aromatic nitrogens is 4. The second kappa shape index (κ2) is 7.58. The van der Waals surface area contributed by atoms with Gasteiger partial charge in [0.15, 0.2) is 5.82 Å². The molecule has 1 saturated heterocycles. The van der Waals surface area contributed by atoms with Crippen LogP contribution in [0.5, 0.6) is 0 Å². The maximum absolute atomic E-state index is 5.70. The summed E-state index contributed by atoms with van der Waals surface area (Å²) in [5, 5.41) is 3.51. The number of imidazole rings is 2. The van der Waals surface area contributed by atoms with Gasteiger partial charge in [-0.05, 0) is 37.1 Å². The molecule has 6 nitrogen and oxygen atoms in total. The van der Waals surface area contributed by atoms with Crippen molar-refractivity contribution in [3.8, 4) is 17.2 Å². The van der Waals surface area contributed by atoms with Crippen molar-refractivity contribution in [3.05, 3.63) is 72.9 Å². The van der Waals surface area contributed by atoms with E-state index in [2.05, 4.69) is 32.9 Å². The second-order valence-corrected chi connectivity index (χ2v) is 7.11. The highest BCUT2D eigenvalue weighted by molar-refractivity contribution is 5.63. The number of benzene rings is 1. The first-order chi connectivity index (χ1) is 13.9. The molecule has 1 aliphatic heterocycles. The van der Waals surface area contributed by atoms with Gasteiger partial charge in [0.05, 0.1) is 17.3 Å². The highest BCUT2D eigenvalue weighted by Gasteiger charge is 2.17. The van der Waals surface area contributed by atoms with Crippen LogP contribution in [0.2, 0.25) is 0 Å². The van der Waals surface area contributed by atoms with E-state index in [1.165, 1.54) is 0 Å². The summed E-state index contributed by atoms with van der Waals surface area (Å²) in [6.07, 6.45) is 8.54. The predicted molar refractivity (Wildman–Crippen MR) is 108 cm³/mol. The van der Waals surface area contributed by atoms with E-state index in [0.717, 1.165) is 54.4 Å². The lowest BCUT2D eigenvalue weighted by atomic mass is 10.2. The minimum atomic E-state index is 0.329. The highest BCUT2D eigenvalue weighted by Crippen LogP contribution is 2.22. The van der Waals surface area contributed by atoms with Crippen LogP contribution in [-0.2, 0) is 11.3 Å². The summed E-state index contributed by atoms with van der Waals surface area (Å²) in [6.45, 7) is 2.46. The molecule has 1 fully saturated rings. The third-order valence-corrected chi connectivity index (χ3v) is 5.18. The normalized spacial score (nSPS) is 16.8. The van der Waals surface area contributed by atoms with Gasteiger partial charge in [0.25, 0.3) is 0 Å². The Morgan fingerprint density at radius 3 is 2.86 bits per heavy atom. The number of rotatable bonds is 6. The molecule has 0 spiro atoms. The lowest BCUT2D eigenvalue weighted by molar-refractivity contribution is 0.110. The Labute approximate surface area is 163 Å². The number of pyridine rings is 1. The van der Waals surface area contributed by atoms with Gasteiger partial charge in [-0.1, -0.05) is 24.3 Å². The molecule has 0 amide bonds. The Bertz CT molecular complexity index is 1060. The molecule has 5 rings (SSSR count). The Balaban J connectivity index is 1.42. The Morgan fingerprint density at radius 1 is 1.11 bits per heavy atom. The molecular formula is C22H23N5O. The van der Waals surface area contributed by atoms with Crippen LogP contribution in [0, 0.1) is 0 Å². The second-order valence-electron chi connectivity index (χ2n) is 7.11. The van der Waals surface area contributed by atoms with Gasteiger partial charge in [0.2, 0.25) is 0 Å². The van der Waals surface area contributed by atoms with E-state index in [1.807, 2.05) is 53.6 Å². The number of fused-ring (bicyclic) bond motifs is 1. The van der Waals surface area contributed by atoms with Crippen LogP contribution < -0.4 is 5.32 Å². The van der Waals surface area contributed by atoms with Gasteiger partial charge in [-0.15, -0.1) is 0 Å². The lowest BCUT2D eigenvalue weighted by Gasteiger charge is -2.09. The number of hydrogen-bond acceptors (Lipinski definition) is 4. The first kappa shape index (κ1) is 17.2. The molecule has 142 valence electrons. The van der Waals surface area contributed by atoms with Gasteiger partial charge in [-0.25, -0.2) is 9.97 Å². The number of para-hydroxylation sites is 1. The summed E-state index contributed by atoms with van der Waals surface area (Å²) >= 11 is 0. The van der Waals surface area contributed by atoms with Gasteiger partial charge < -0.3 is 14.6 Å². The van der Waals surface area contributed by atoms with Gasteiger partial charge in [-0.2, -0.15) is 0 Å². The van der Waals surface area contributed by atoms with Crippen molar-refractivity contribution in [1.29, 1.82) is 0 Å². The van der Waals surface area contributed by atoms with Crippen molar-refractivity contribution in [2.24, 2.45) is 0 Å². The summed E-state index contributed by atoms with van der Waals surface area (Å²) in [6, 6.07) is 16.4. The minimum absolute atomic E-state index is 0.329. The smallest absolute Gasteiger partial charge is 0.165 e. The van der Waals surface area contributed by atoms with Crippen LogP contribution in [0.1, 0.15) is 18.5 Å². The molecule has 28 heavy (non-hydrogen) atoms. The summed E-state index contributed by atoms with van der Waals surface area (Å²) in [5.41, 5.74) is 4.07. The molecule has 0 aliphatic carbocycles. The number of nitrogens with one attached hydrogen (secondary N) is 1. The number of nitrogens with zero attached hydrogens (tertiary/aromatic N) is 4. The molecule has 4 heterocycles. The van der Waals surface area contributed by atoms with Crippen LogP contribution in [0.3, 0.4) is 0 Å². The monoisotopic (exact) mass is 373 g/mol. The van der Waals surface area contributed by atoms with E-state index in [9.17, 15) is 0 Å². The molecule has 0 radical (unpaired) electrons. The molecule has 0 bridgehead atoms. The fourth-order valence-electron chi connectivity index (χ4n) is 3.75. The van der Waals surface area contributed by atoms with Gasteiger partial charge in [0.1, 0.15) is 12.0 Å². The third-order valence-electron chi connectivity index (χ3n) is 5.18. The average Bonchev–Trinajstić information content (AvgIpc) is 3.49. The first-order valence-electron chi connectivity index (χ1n) is 9.76. The molecule has 4 aromatic rings. The zero-order valence-electron chi connectivity index (χ0n) is 15.7. The number of hydrogen-bond donors (Lipinski definition) is 1. The van der Waals surface area contributed by atoms with Crippen molar-refractivity contribution in [1.82, 2.24) is 24.3 Å². The minimum Gasteiger partial charge on any atom is -0.377 e. The molecule has 3 aromatic heterocycles. The average molecular weight is 373 g/mol. The first-order valence-corrected chi connectivity index (χ1v) is 9.76. The topological polar surface area (TPSA) is 56.4 Å². The van der Waals surface area contributed by atoms with Crippen molar-refractivity contribution in [2.45, 2.75) is 25.5 Å². The van der Waals surface area contributed by atoms with Crippen molar-refractivity contribution in [3.63, 3.8) is 0 Å². The van der Waals surface area contributed by atoms with Gasteiger partial charge >= 0.3 is 0 Å². The Kier molecular flexibility index (Phi) is 4.64. The van der Waals surface area contributed by atoms with Crippen LogP contribution in [0.25, 0.3) is 22.7 Å². The van der Waals surface area contributed by atoms with Crippen LogP contribution in [-0.4, -0.2) is 38.2 Å². The van der Waals surface area contributed by atoms with Crippen molar-refractivity contribution < 1.29 is 4.74 Å². The number of ether oxygens (including phenoxy) is 1. The third kappa shape index (κ3) is 3.32. The fraction of sp³-hybridized carbons (Fsp3) is 0.273. The molecule has 1 aliphatic rings. The summed E-state index contributed by atoms with van der Waals surface area (Å²) in [5.74, 6) is 0.860. The molecule has 1 N–H and O–H groups in total. The van der Waals surface area contributed by atoms with E-state index < -0.39 is 0 Å². The fourth-order valence-corrected chi connectivity index (χ4v) is 3.75. The van der Waals surface area contributed by atoms with Gasteiger partial charge in [-0.3, -0.25) is 4.40 Å². The molecule has 6 heteroatoms. The summed E-state index contributed by atoms with van der Waals surface area (Å²) < 4.78 is 9.83. The zero-order valence-corrected chi connectivity index (χ0v) is 15.7. The van der Waals surface area contributed by atoms with Crippen LogP contribution in [0.15, 0.2) is 67.3 Å². The van der Waals surface area contributed by atoms with Crippen molar-refractivity contribution >= 4 is 5.52 Å². The molecule has 1 unspecified atom stereocenters. The van der Waals surface area contributed by atoms with E-state index in [0.29, 0.717) is 12.6 Å². The van der Waals surface area contributed by atoms with E-state index in [1.54, 1.807) is 0 Å². The standard InChI is InChI=1S/C22H23N5O/c1-2-7-17(8-3-1)26-15-20(24-16-26)22-25-19(21-10-4-5-11-27(21)22)14-23-13-18-9-6-12-28-18/h1-5,7-8,10-11,15-16,18,23H,6,9,12-14H2. The predicted octanol–water partition coefficient (Wildman–Crippen LogP) is 3.46. The quantitative estimate of drug-likeness (QED) is 0.562. The summed E-state index contributed by atoms with van der Waals surface area (Å²) in [7, 11) is 0. The summed E-state index contributed by atoms with van der Waals surface area (Å²) in [4.78, 5) is 9.52. The molecular weight excluding hydrogens is 350 g/mol. The Morgan fingerprint density at radius 2 is 2.00 bits per heavy atom. The maximum Gasteiger partial charge on any atom is 0.165 e. The van der Waals surface area contributed by atoms with E-state index in [-0.39, 0.29) is 0 Å². The van der Waals surface area contributed by atoms with Crippen LogP contribution >= 0.6 is 0 Å². The van der Waals surface area contributed by atoms with E-state index in [4.69, 9.17) is 9.72 Å². The zero-order chi connectivity index (χ0) is 18.8. The lowest BCUT2D eigenvalue weighted by Crippen LogP contribution is -2.25. The molecule has 0 saturated carbocycles. The SMILES string of the molecule is c1ccc(-n2cnc(-c3nc(CNCC4CCCO4)c4ccccn34)c2)cc1. The van der Waals surface area contributed by atoms with Crippen molar-refractivity contribution in [2.75, 3.05) is 13.2 Å². The van der Waals surface area contributed by atoms with Crippen LogP contribution in [0.4, 0.5) is 0 Å².